The Hall–Kier alpha value is -0.350. The van der Waals surface area contributed by atoms with Crippen LogP contribution in [0, 0.1) is 5.92 Å². The minimum atomic E-state index is 0.274. The zero-order valence-electron chi connectivity index (χ0n) is 10.4. The summed E-state index contributed by atoms with van der Waals surface area (Å²) in [7, 11) is 1.71. The van der Waals surface area contributed by atoms with Crippen molar-refractivity contribution >= 4 is 17.3 Å². The van der Waals surface area contributed by atoms with Gasteiger partial charge in [0.05, 0.1) is 6.61 Å². The molecule has 1 rings (SSSR count). The third-order valence-corrected chi connectivity index (χ3v) is 3.33. The topological polar surface area (TPSA) is 33.3 Å². The summed E-state index contributed by atoms with van der Waals surface area (Å²) in [6, 6.07) is 0.274. The lowest BCUT2D eigenvalue weighted by molar-refractivity contribution is 0.179. The molecule has 0 amide bonds. The summed E-state index contributed by atoms with van der Waals surface area (Å²) >= 11 is 5.24. The van der Waals surface area contributed by atoms with E-state index in [-0.39, 0.29) is 6.04 Å². The Morgan fingerprint density at radius 2 is 2.06 bits per heavy atom. The van der Waals surface area contributed by atoms with E-state index >= 15 is 0 Å². The summed E-state index contributed by atoms with van der Waals surface area (Å²) in [6.45, 7) is 3.77. The van der Waals surface area contributed by atoms with Crippen molar-refractivity contribution < 1.29 is 4.74 Å². The second kappa shape index (κ2) is 7.85. The number of thiocarbonyl (C=S) groups is 1. The first kappa shape index (κ1) is 13.7. The van der Waals surface area contributed by atoms with Gasteiger partial charge in [-0.1, -0.05) is 19.3 Å². The maximum atomic E-state index is 5.24. The molecule has 1 atom stereocenters. The lowest BCUT2D eigenvalue weighted by atomic mass is 9.89. The van der Waals surface area contributed by atoms with Crippen LogP contribution >= 0.6 is 12.2 Å². The van der Waals surface area contributed by atoms with Crippen molar-refractivity contribution in [2.24, 2.45) is 5.92 Å². The van der Waals surface area contributed by atoms with Crippen LogP contribution in [-0.4, -0.2) is 31.4 Å². The van der Waals surface area contributed by atoms with Gasteiger partial charge in [0, 0.05) is 19.7 Å². The number of hydrogen-bond acceptors (Lipinski definition) is 2. The second-order valence-corrected chi connectivity index (χ2v) is 5.12. The first-order chi connectivity index (χ1) is 7.72. The van der Waals surface area contributed by atoms with E-state index in [1.165, 1.54) is 32.1 Å². The van der Waals surface area contributed by atoms with Gasteiger partial charge in [-0.3, -0.25) is 0 Å². The number of methoxy groups -OCH3 is 1. The maximum absolute atomic E-state index is 5.24. The predicted octanol–water partition coefficient (Wildman–Crippen LogP) is 2.07. The molecule has 1 fully saturated rings. The van der Waals surface area contributed by atoms with Crippen LogP contribution in [0.3, 0.4) is 0 Å². The molecule has 4 heteroatoms. The lowest BCUT2D eigenvalue weighted by Crippen LogP contribution is -2.44. The molecule has 0 aromatic heterocycles. The summed E-state index contributed by atoms with van der Waals surface area (Å²) in [5, 5.41) is 7.28. The monoisotopic (exact) mass is 244 g/mol. The van der Waals surface area contributed by atoms with Gasteiger partial charge in [-0.15, -0.1) is 0 Å². The quantitative estimate of drug-likeness (QED) is 0.725. The van der Waals surface area contributed by atoms with Crippen molar-refractivity contribution in [1.29, 1.82) is 0 Å². The molecule has 0 heterocycles. The summed E-state index contributed by atoms with van der Waals surface area (Å²) in [5.74, 6) is 0.811. The van der Waals surface area contributed by atoms with Crippen molar-refractivity contribution in [3.63, 3.8) is 0 Å². The van der Waals surface area contributed by atoms with Crippen molar-refractivity contribution in [3.05, 3.63) is 0 Å². The summed E-state index contributed by atoms with van der Waals surface area (Å²) in [6.07, 6.45) is 6.87. The Morgan fingerprint density at radius 1 is 1.38 bits per heavy atom. The molecule has 0 radical (unpaired) electrons. The molecule has 1 aliphatic rings. The normalized spacial score (nSPS) is 19.1. The van der Waals surface area contributed by atoms with Crippen LogP contribution in [0.2, 0.25) is 0 Å². The molecule has 3 nitrogen and oxygen atoms in total. The van der Waals surface area contributed by atoms with E-state index in [9.17, 15) is 0 Å². The highest BCUT2D eigenvalue weighted by atomic mass is 32.1. The largest absolute Gasteiger partial charge is 0.383 e. The fraction of sp³-hybridized carbons (Fsp3) is 0.917. The third kappa shape index (κ3) is 5.66. The number of hydrogen-bond donors (Lipinski definition) is 2. The van der Waals surface area contributed by atoms with Gasteiger partial charge >= 0.3 is 0 Å². The van der Waals surface area contributed by atoms with E-state index in [1.54, 1.807) is 7.11 Å². The molecular weight excluding hydrogens is 220 g/mol. The molecule has 1 unspecified atom stereocenters. The molecule has 1 saturated carbocycles. The summed E-state index contributed by atoms with van der Waals surface area (Å²) < 4.78 is 5.05. The van der Waals surface area contributed by atoms with Crippen LogP contribution in [-0.2, 0) is 4.74 Å². The number of ether oxygens (including phenoxy) is 1. The van der Waals surface area contributed by atoms with E-state index in [4.69, 9.17) is 17.0 Å². The zero-order valence-corrected chi connectivity index (χ0v) is 11.2. The Morgan fingerprint density at radius 3 is 2.69 bits per heavy atom. The molecule has 0 bridgehead atoms. The Labute approximate surface area is 104 Å². The zero-order chi connectivity index (χ0) is 11.8. The lowest BCUT2D eigenvalue weighted by Gasteiger charge is -2.23. The van der Waals surface area contributed by atoms with Crippen molar-refractivity contribution in [2.45, 2.75) is 45.1 Å². The van der Waals surface area contributed by atoms with E-state index in [0.717, 1.165) is 17.6 Å². The van der Waals surface area contributed by atoms with Crippen LogP contribution < -0.4 is 10.6 Å². The molecule has 16 heavy (non-hydrogen) atoms. The molecule has 0 saturated heterocycles. The van der Waals surface area contributed by atoms with Gasteiger partial charge in [0.25, 0.3) is 0 Å². The Balaban J connectivity index is 2.09. The van der Waals surface area contributed by atoms with Crippen LogP contribution in [0.25, 0.3) is 0 Å². The summed E-state index contributed by atoms with van der Waals surface area (Å²) in [5.41, 5.74) is 0. The molecule has 1 aliphatic carbocycles. The summed E-state index contributed by atoms with van der Waals surface area (Å²) in [4.78, 5) is 0. The number of nitrogens with one attached hydrogen (secondary N) is 2. The van der Waals surface area contributed by atoms with Gasteiger partial charge in [-0.05, 0) is 37.9 Å². The molecule has 0 aliphatic heterocycles. The molecular formula is C12H24N2OS. The van der Waals surface area contributed by atoms with E-state index in [2.05, 4.69) is 17.6 Å². The molecule has 0 spiro atoms. The third-order valence-electron chi connectivity index (χ3n) is 3.07. The first-order valence-electron chi connectivity index (χ1n) is 6.25. The highest BCUT2D eigenvalue weighted by Gasteiger charge is 2.13. The molecule has 0 aromatic carbocycles. The van der Waals surface area contributed by atoms with E-state index in [1.807, 2.05) is 0 Å². The highest BCUT2D eigenvalue weighted by molar-refractivity contribution is 7.80. The standard InChI is InChI=1S/C12H24N2OS/c1-10(9-15-2)14-12(16)13-8-11-6-4-3-5-7-11/h10-11H,3-9H2,1-2H3,(H2,13,14,16). The van der Waals surface area contributed by atoms with Gasteiger partial charge in [0.15, 0.2) is 5.11 Å². The Bertz CT molecular complexity index is 205. The predicted molar refractivity (Wildman–Crippen MR) is 71.6 cm³/mol. The van der Waals surface area contributed by atoms with Gasteiger partial charge in [0.2, 0.25) is 0 Å². The van der Waals surface area contributed by atoms with Gasteiger partial charge < -0.3 is 15.4 Å². The second-order valence-electron chi connectivity index (χ2n) is 4.71. The van der Waals surface area contributed by atoms with Crippen LogP contribution in [0.15, 0.2) is 0 Å². The smallest absolute Gasteiger partial charge is 0.166 e. The molecule has 0 aromatic rings. The van der Waals surface area contributed by atoms with Crippen LogP contribution in [0.5, 0.6) is 0 Å². The average Bonchev–Trinajstić information content (AvgIpc) is 2.28. The van der Waals surface area contributed by atoms with Crippen LogP contribution in [0.4, 0.5) is 0 Å². The SMILES string of the molecule is COCC(C)NC(=S)NCC1CCCCC1. The molecule has 94 valence electrons. The van der Waals surface area contributed by atoms with Gasteiger partial charge in [0.1, 0.15) is 0 Å². The highest BCUT2D eigenvalue weighted by Crippen LogP contribution is 2.22. The first-order valence-corrected chi connectivity index (χ1v) is 6.66. The molecule has 2 N–H and O–H groups in total. The Kier molecular flexibility index (Phi) is 6.73. The number of rotatable bonds is 5. The van der Waals surface area contributed by atoms with E-state index < -0.39 is 0 Å². The fourth-order valence-electron chi connectivity index (χ4n) is 2.19. The maximum Gasteiger partial charge on any atom is 0.166 e. The van der Waals surface area contributed by atoms with E-state index in [0.29, 0.717) is 6.61 Å². The van der Waals surface area contributed by atoms with Crippen molar-refractivity contribution in [2.75, 3.05) is 20.3 Å². The minimum absolute atomic E-state index is 0.274. The van der Waals surface area contributed by atoms with Crippen molar-refractivity contribution in [1.82, 2.24) is 10.6 Å². The van der Waals surface area contributed by atoms with Crippen LogP contribution in [0.1, 0.15) is 39.0 Å². The van der Waals surface area contributed by atoms with Crippen molar-refractivity contribution in [3.8, 4) is 0 Å². The average molecular weight is 244 g/mol. The van der Waals surface area contributed by atoms with Gasteiger partial charge in [-0.2, -0.15) is 0 Å². The van der Waals surface area contributed by atoms with Gasteiger partial charge in [-0.25, -0.2) is 0 Å². The fourth-order valence-corrected chi connectivity index (χ4v) is 2.48. The minimum Gasteiger partial charge on any atom is -0.383 e.